The Labute approximate surface area is 197 Å². The summed E-state index contributed by atoms with van der Waals surface area (Å²) in [6, 6.07) is 25.6. The lowest BCUT2D eigenvalue weighted by molar-refractivity contribution is -0.00492. The van der Waals surface area contributed by atoms with Crippen LogP contribution in [0.2, 0.25) is 0 Å². The third-order valence-electron chi connectivity index (χ3n) is 5.71. The number of ether oxygens (including phenoxy) is 3. The lowest BCUT2D eigenvalue weighted by Gasteiger charge is -2.37. The zero-order valence-electron chi connectivity index (χ0n) is 19.0. The first kappa shape index (κ1) is 22.9. The molecule has 3 N–H and O–H groups in total. The third-order valence-corrected chi connectivity index (χ3v) is 5.71. The zero-order valence-corrected chi connectivity index (χ0v) is 19.0. The van der Waals surface area contributed by atoms with Crippen molar-refractivity contribution in [1.29, 1.82) is 0 Å². The number of benzene rings is 3. The molecule has 4 rings (SSSR count). The number of amides is 1. The quantitative estimate of drug-likeness (QED) is 0.375. The summed E-state index contributed by atoms with van der Waals surface area (Å²) in [6.07, 6.45) is 1.26. The van der Waals surface area contributed by atoms with Crippen LogP contribution in [0.4, 0.5) is 4.79 Å². The van der Waals surface area contributed by atoms with Crippen molar-refractivity contribution < 1.29 is 24.1 Å². The minimum atomic E-state index is -1.19. The highest BCUT2D eigenvalue weighted by Gasteiger charge is 2.42. The minimum absolute atomic E-state index is 0.0471. The third kappa shape index (κ3) is 4.09. The van der Waals surface area contributed by atoms with Crippen LogP contribution in [0.15, 0.2) is 91.1 Å². The Morgan fingerprint density at radius 3 is 1.94 bits per heavy atom. The lowest BCUT2D eigenvalue weighted by atomic mass is 9.79. The molecular weight excluding hydrogens is 432 g/mol. The molecule has 0 radical (unpaired) electrons. The predicted molar refractivity (Wildman–Crippen MR) is 128 cm³/mol. The summed E-state index contributed by atoms with van der Waals surface area (Å²) in [4.78, 5) is 11.9. The van der Waals surface area contributed by atoms with E-state index in [2.05, 4.69) is 0 Å². The monoisotopic (exact) mass is 458 g/mol. The number of aromatic nitrogens is 1. The van der Waals surface area contributed by atoms with Crippen LogP contribution in [0.3, 0.4) is 0 Å². The van der Waals surface area contributed by atoms with Gasteiger partial charge < -0.3 is 25.1 Å². The standard InChI is InChI=1S/C27H26N2O5/c1-32-24-14-8-6-12-22(24)27(19-10-4-3-5-11-19,23-13-7-9-15-25(23)33-2)34-18-20-16-21(30)17-29(20)26(28)31/h3-17,30H,18H2,1-2H3,(H2,28,31). The number of nitrogens with zero attached hydrogens (tertiary/aromatic N) is 1. The topological polar surface area (TPSA) is 95.9 Å². The molecule has 0 spiro atoms. The number of nitrogens with two attached hydrogens (primary N) is 1. The van der Waals surface area contributed by atoms with Crippen LogP contribution in [0.1, 0.15) is 22.4 Å². The minimum Gasteiger partial charge on any atom is -0.506 e. The molecule has 1 heterocycles. The first-order chi connectivity index (χ1) is 16.5. The molecule has 1 aromatic heterocycles. The maximum Gasteiger partial charge on any atom is 0.323 e. The molecule has 4 aromatic rings. The van der Waals surface area contributed by atoms with E-state index in [1.165, 1.54) is 12.3 Å². The fraction of sp³-hybridized carbons (Fsp3) is 0.148. The molecule has 0 bridgehead atoms. The van der Waals surface area contributed by atoms with Crippen molar-refractivity contribution in [2.24, 2.45) is 5.73 Å². The van der Waals surface area contributed by atoms with Gasteiger partial charge in [0.1, 0.15) is 17.2 Å². The number of carbonyl (C=O) groups is 1. The van der Waals surface area contributed by atoms with Gasteiger partial charge in [0.2, 0.25) is 0 Å². The van der Waals surface area contributed by atoms with E-state index in [0.29, 0.717) is 17.2 Å². The summed E-state index contributed by atoms with van der Waals surface area (Å²) in [5.74, 6) is 1.15. The Bertz CT molecular complexity index is 1240. The Morgan fingerprint density at radius 2 is 1.41 bits per heavy atom. The summed E-state index contributed by atoms with van der Waals surface area (Å²) in [6.45, 7) is -0.0471. The largest absolute Gasteiger partial charge is 0.506 e. The van der Waals surface area contributed by atoms with Crippen LogP contribution in [0.5, 0.6) is 17.2 Å². The molecule has 0 atom stereocenters. The first-order valence-corrected chi connectivity index (χ1v) is 10.7. The van der Waals surface area contributed by atoms with Gasteiger partial charge in [0, 0.05) is 17.2 Å². The highest BCUT2D eigenvalue weighted by Crippen LogP contribution is 2.47. The first-order valence-electron chi connectivity index (χ1n) is 10.7. The number of primary amides is 1. The van der Waals surface area contributed by atoms with Crippen LogP contribution >= 0.6 is 0 Å². The summed E-state index contributed by atoms with van der Waals surface area (Å²) >= 11 is 0. The van der Waals surface area contributed by atoms with Crippen LogP contribution in [-0.4, -0.2) is 29.9 Å². The van der Waals surface area contributed by atoms with Crippen molar-refractivity contribution >= 4 is 6.03 Å². The predicted octanol–water partition coefficient (Wildman–Crippen LogP) is 4.65. The Kier molecular flexibility index (Phi) is 6.56. The summed E-state index contributed by atoms with van der Waals surface area (Å²) < 4.78 is 19.4. The molecular formula is C27H26N2O5. The normalized spacial score (nSPS) is 11.2. The summed E-state index contributed by atoms with van der Waals surface area (Å²) in [5.41, 5.74) is 7.03. The van der Waals surface area contributed by atoms with Gasteiger partial charge in [-0.1, -0.05) is 66.7 Å². The molecule has 7 heteroatoms. The van der Waals surface area contributed by atoms with Gasteiger partial charge in [-0.3, -0.25) is 4.57 Å². The zero-order chi connectivity index (χ0) is 24.1. The van der Waals surface area contributed by atoms with Crippen LogP contribution in [0.25, 0.3) is 0 Å². The van der Waals surface area contributed by atoms with E-state index in [9.17, 15) is 9.90 Å². The van der Waals surface area contributed by atoms with E-state index in [4.69, 9.17) is 19.9 Å². The SMILES string of the molecule is COc1ccccc1C(OCc1cc(O)cn1C(N)=O)(c1ccccc1)c1ccccc1OC. The lowest BCUT2D eigenvalue weighted by Crippen LogP contribution is -2.34. The van der Waals surface area contributed by atoms with Gasteiger partial charge in [0.15, 0.2) is 5.60 Å². The molecule has 34 heavy (non-hydrogen) atoms. The molecule has 0 saturated heterocycles. The number of hydrogen-bond acceptors (Lipinski definition) is 5. The Morgan fingerprint density at radius 1 is 0.882 bits per heavy atom. The van der Waals surface area contributed by atoms with E-state index in [0.717, 1.165) is 21.3 Å². The molecule has 0 unspecified atom stereocenters. The van der Waals surface area contributed by atoms with E-state index < -0.39 is 11.6 Å². The Hall–Kier alpha value is -4.23. The smallest absolute Gasteiger partial charge is 0.323 e. The molecule has 1 amide bonds. The van der Waals surface area contributed by atoms with Crippen molar-refractivity contribution in [3.05, 3.63) is 114 Å². The van der Waals surface area contributed by atoms with Gasteiger partial charge in [-0.2, -0.15) is 0 Å². The molecule has 7 nitrogen and oxygen atoms in total. The molecule has 0 fully saturated rings. The van der Waals surface area contributed by atoms with Crippen molar-refractivity contribution in [2.75, 3.05) is 14.2 Å². The molecule has 0 saturated carbocycles. The number of aromatic hydroxyl groups is 1. The van der Waals surface area contributed by atoms with E-state index >= 15 is 0 Å². The highest BCUT2D eigenvalue weighted by molar-refractivity contribution is 5.76. The van der Waals surface area contributed by atoms with Crippen molar-refractivity contribution in [3.8, 4) is 17.2 Å². The average Bonchev–Trinajstić information content (AvgIpc) is 3.26. The van der Waals surface area contributed by atoms with Crippen LogP contribution < -0.4 is 15.2 Å². The fourth-order valence-corrected chi connectivity index (χ4v) is 4.23. The number of methoxy groups -OCH3 is 2. The summed E-state index contributed by atoms with van der Waals surface area (Å²) in [7, 11) is 3.21. The maximum atomic E-state index is 11.9. The van der Waals surface area contributed by atoms with Gasteiger partial charge in [-0.25, -0.2) is 4.79 Å². The average molecular weight is 459 g/mol. The maximum absolute atomic E-state index is 11.9. The number of carbonyl (C=O) groups excluding carboxylic acids is 1. The fourth-order valence-electron chi connectivity index (χ4n) is 4.23. The number of para-hydroxylation sites is 2. The van der Waals surface area contributed by atoms with E-state index in [-0.39, 0.29) is 12.4 Å². The van der Waals surface area contributed by atoms with E-state index in [1.807, 2.05) is 78.9 Å². The van der Waals surface area contributed by atoms with Crippen molar-refractivity contribution in [3.63, 3.8) is 0 Å². The molecule has 3 aromatic carbocycles. The number of rotatable bonds is 8. The second kappa shape index (κ2) is 9.72. The highest BCUT2D eigenvalue weighted by atomic mass is 16.5. The van der Waals surface area contributed by atoms with Crippen molar-refractivity contribution in [2.45, 2.75) is 12.2 Å². The molecule has 0 aliphatic carbocycles. The van der Waals surface area contributed by atoms with E-state index in [1.54, 1.807) is 14.2 Å². The van der Waals surface area contributed by atoms with Crippen molar-refractivity contribution in [1.82, 2.24) is 4.57 Å². The molecule has 0 aliphatic rings. The molecule has 0 aliphatic heterocycles. The van der Waals surface area contributed by atoms with Gasteiger partial charge in [-0.15, -0.1) is 0 Å². The van der Waals surface area contributed by atoms with Gasteiger partial charge in [-0.05, 0) is 17.7 Å². The second-order valence-electron chi connectivity index (χ2n) is 7.63. The van der Waals surface area contributed by atoms with Gasteiger partial charge in [0.25, 0.3) is 0 Å². The summed E-state index contributed by atoms with van der Waals surface area (Å²) in [5, 5.41) is 10.0. The van der Waals surface area contributed by atoms with Gasteiger partial charge in [0.05, 0.1) is 32.7 Å². The number of hydrogen-bond donors (Lipinski definition) is 2. The Balaban J connectivity index is 2.00. The van der Waals surface area contributed by atoms with Crippen LogP contribution in [-0.2, 0) is 16.9 Å². The van der Waals surface area contributed by atoms with Gasteiger partial charge >= 0.3 is 6.03 Å². The van der Waals surface area contributed by atoms with Crippen LogP contribution in [0, 0.1) is 0 Å². The second-order valence-corrected chi connectivity index (χ2v) is 7.63. The molecule has 174 valence electrons.